The number of nitrogens with one attached hydrogen (secondary N) is 1. The zero-order chi connectivity index (χ0) is 15.4. The van der Waals surface area contributed by atoms with Crippen LogP contribution in [0.1, 0.15) is 52.4 Å². The first-order chi connectivity index (χ1) is 9.97. The second-order valence-corrected chi connectivity index (χ2v) is 6.86. The third-order valence-corrected chi connectivity index (χ3v) is 5.35. The molecular weight excluding hydrogens is 268 g/mol. The third kappa shape index (κ3) is 4.35. The Hall–Kier alpha value is -1.26. The van der Waals surface area contributed by atoms with Gasteiger partial charge in [0.1, 0.15) is 0 Å². The number of hydrogen-bond donors (Lipinski definition) is 2. The fourth-order valence-electron chi connectivity index (χ4n) is 3.63. The average molecular weight is 296 g/mol. The minimum atomic E-state index is -0.745. The van der Waals surface area contributed by atoms with Crippen LogP contribution in [0.15, 0.2) is 0 Å². The summed E-state index contributed by atoms with van der Waals surface area (Å²) in [4.78, 5) is 24.9. The molecule has 0 aromatic rings. The van der Waals surface area contributed by atoms with E-state index in [1.165, 1.54) is 6.42 Å². The smallest absolute Gasteiger partial charge is 0.317 e. The number of carbonyl (C=O) groups excluding carboxylic acids is 1. The molecule has 2 fully saturated rings. The molecule has 2 N–H and O–H groups in total. The number of nitrogens with zero attached hydrogens (tertiary/aromatic N) is 1. The minimum absolute atomic E-state index is 0.0426. The van der Waals surface area contributed by atoms with Gasteiger partial charge in [-0.05, 0) is 49.9 Å². The minimum Gasteiger partial charge on any atom is -0.481 e. The molecule has 5 heteroatoms. The van der Waals surface area contributed by atoms with Crippen molar-refractivity contribution in [3.05, 3.63) is 0 Å². The van der Waals surface area contributed by atoms with Gasteiger partial charge >= 0.3 is 12.0 Å². The lowest BCUT2D eigenvalue weighted by atomic mass is 9.93. The molecule has 2 rings (SSSR count). The molecule has 0 aromatic carbocycles. The van der Waals surface area contributed by atoms with Crippen LogP contribution >= 0.6 is 0 Å². The van der Waals surface area contributed by atoms with Crippen molar-refractivity contribution in [2.45, 2.75) is 58.4 Å². The summed E-state index contributed by atoms with van der Waals surface area (Å²) in [6.45, 7) is 5.97. The number of carboxylic acids is 1. The van der Waals surface area contributed by atoms with Gasteiger partial charge < -0.3 is 15.3 Å². The van der Waals surface area contributed by atoms with Crippen LogP contribution in [0.5, 0.6) is 0 Å². The quantitative estimate of drug-likeness (QED) is 0.838. The summed E-state index contributed by atoms with van der Waals surface area (Å²) in [6.07, 6.45) is 5.16. The van der Waals surface area contributed by atoms with Crippen molar-refractivity contribution in [3.63, 3.8) is 0 Å². The van der Waals surface area contributed by atoms with Crippen molar-refractivity contribution >= 4 is 12.0 Å². The highest BCUT2D eigenvalue weighted by Gasteiger charge is 2.32. The van der Waals surface area contributed by atoms with Gasteiger partial charge in [0.05, 0.1) is 0 Å². The lowest BCUT2D eigenvalue weighted by Gasteiger charge is -2.34. The van der Waals surface area contributed by atoms with E-state index in [1.807, 2.05) is 4.90 Å². The van der Waals surface area contributed by atoms with E-state index in [4.69, 9.17) is 5.11 Å². The number of hydrogen-bond acceptors (Lipinski definition) is 2. The van der Waals surface area contributed by atoms with Crippen molar-refractivity contribution in [2.24, 2.45) is 17.8 Å². The molecule has 2 amide bonds. The first-order valence-electron chi connectivity index (χ1n) is 8.24. The second kappa shape index (κ2) is 7.14. The Morgan fingerprint density at radius 3 is 2.62 bits per heavy atom. The van der Waals surface area contributed by atoms with E-state index >= 15 is 0 Å². The van der Waals surface area contributed by atoms with Gasteiger partial charge in [-0.1, -0.05) is 13.8 Å². The van der Waals surface area contributed by atoms with Crippen molar-refractivity contribution in [1.29, 1.82) is 0 Å². The third-order valence-electron chi connectivity index (χ3n) is 5.35. The molecular formula is C16H28N2O3. The number of carboxylic acid groups (broad SMARTS) is 1. The topological polar surface area (TPSA) is 69.6 Å². The van der Waals surface area contributed by atoms with Gasteiger partial charge in [0, 0.05) is 25.6 Å². The summed E-state index contributed by atoms with van der Waals surface area (Å²) in [5.74, 6) is 0.812. The maximum atomic E-state index is 12.4. The van der Waals surface area contributed by atoms with Crippen LogP contribution in [0.2, 0.25) is 0 Å². The SMILES string of the molecule is CC1CCC(NC(=O)N2CCCC(CCC(=O)O)C2)C1C. The van der Waals surface area contributed by atoms with Gasteiger partial charge in [-0.15, -0.1) is 0 Å². The van der Waals surface area contributed by atoms with Crippen LogP contribution in [-0.4, -0.2) is 41.1 Å². The molecule has 120 valence electrons. The van der Waals surface area contributed by atoms with Gasteiger partial charge in [0.25, 0.3) is 0 Å². The zero-order valence-corrected chi connectivity index (χ0v) is 13.2. The van der Waals surface area contributed by atoms with Crippen LogP contribution < -0.4 is 5.32 Å². The Bertz CT molecular complexity index is 386. The summed E-state index contributed by atoms with van der Waals surface area (Å²) in [7, 11) is 0. The predicted molar refractivity (Wildman–Crippen MR) is 81.0 cm³/mol. The molecule has 0 bridgehead atoms. The fourth-order valence-corrected chi connectivity index (χ4v) is 3.63. The highest BCUT2D eigenvalue weighted by atomic mass is 16.4. The molecule has 4 unspecified atom stereocenters. The standard InChI is InChI=1S/C16H28N2O3/c1-11-5-7-14(12(11)2)17-16(21)18-9-3-4-13(10-18)6-8-15(19)20/h11-14H,3-10H2,1-2H3,(H,17,21)(H,19,20). The molecule has 21 heavy (non-hydrogen) atoms. The Kier molecular flexibility index (Phi) is 5.48. The second-order valence-electron chi connectivity index (χ2n) is 6.86. The van der Waals surface area contributed by atoms with E-state index in [9.17, 15) is 9.59 Å². The number of carbonyl (C=O) groups is 2. The number of urea groups is 1. The van der Waals surface area contributed by atoms with Crippen LogP contribution in [-0.2, 0) is 4.79 Å². The van der Waals surface area contributed by atoms with Crippen LogP contribution in [0, 0.1) is 17.8 Å². The Morgan fingerprint density at radius 1 is 1.24 bits per heavy atom. The summed E-state index contributed by atoms with van der Waals surface area (Å²) in [5.41, 5.74) is 0. The number of amides is 2. The van der Waals surface area contributed by atoms with Crippen LogP contribution in [0.4, 0.5) is 4.79 Å². The predicted octanol–water partition coefficient (Wildman–Crippen LogP) is 2.71. The summed E-state index contributed by atoms with van der Waals surface area (Å²) in [5, 5.41) is 12.0. The molecule has 1 aliphatic heterocycles. The maximum Gasteiger partial charge on any atom is 0.317 e. The van der Waals surface area contributed by atoms with Crippen molar-refractivity contribution in [3.8, 4) is 0 Å². The molecule has 5 nitrogen and oxygen atoms in total. The van der Waals surface area contributed by atoms with E-state index in [0.29, 0.717) is 36.8 Å². The van der Waals surface area contributed by atoms with Crippen molar-refractivity contribution < 1.29 is 14.7 Å². The maximum absolute atomic E-state index is 12.4. The normalized spacial score (nSPS) is 33.0. The van der Waals surface area contributed by atoms with E-state index in [1.54, 1.807) is 0 Å². The van der Waals surface area contributed by atoms with Crippen molar-refractivity contribution in [2.75, 3.05) is 13.1 Å². The number of likely N-dealkylation sites (tertiary alicyclic amines) is 1. The molecule has 4 atom stereocenters. The highest BCUT2D eigenvalue weighted by Crippen LogP contribution is 2.31. The van der Waals surface area contributed by atoms with Gasteiger partial charge in [-0.3, -0.25) is 4.79 Å². The van der Waals surface area contributed by atoms with Crippen molar-refractivity contribution in [1.82, 2.24) is 10.2 Å². The lowest BCUT2D eigenvalue weighted by molar-refractivity contribution is -0.137. The molecule has 2 aliphatic rings. The number of rotatable bonds is 4. The van der Waals surface area contributed by atoms with Gasteiger partial charge in [0.15, 0.2) is 0 Å². The Balaban J connectivity index is 1.80. The summed E-state index contributed by atoms with van der Waals surface area (Å²) in [6, 6.07) is 0.341. The molecule has 0 aromatic heterocycles. The molecule has 1 aliphatic carbocycles. The summed E-state index contributed by atoms with van der Waals surface area (Å²) < 4.78 is 0. The molecule has 0 spiro atoms. The average Bonchev–Trinajstić information content (AvgIpc) is 2.77. The van der Waals surface area contributed by atoms with E-state index < -0.39 is 5.97 Å². The first kappa shape index (κ1) is 16.1. The summed E-state index contributed by atoms with van der Waals surface area (Å²) >= 11 is 0. The zero-order valence-electron chi connectivity index (χ0n) is 13.2. The molecule has 1 saturated heterocycles. The highest BCUT2D eigenvalue weighted by molar-refractivity contribution is 5.74. The first-order valence-corrected chi connectivity index (χ1v) is 8.24. The van der Waals surface area contributed by atoms with Gasteiger partial charge in [0.2, 0.25) is 0 Å². The lowest BCUT2D eigenvalue weighted by Crippen LogP contribution is -2.49. The Labute approximate surface area is 127 Å². The van der Waals surface area contributed by atoms with Gasteiger partial charge in [-0.2, -0.15) is 0 Å². The van der Waals surface area contributed by atoms with Crippen LogP contribution in [0.3, 0.4) is 0 Å². The van der Waals surface area contributed by atoms with E-state index in [-0.39, 0.29) is 12.5 Å². The number of aliphatic carboxylic acids is 1. The van der Waals surface area contributed by atoms with E-state index in [2.05, 4.69) is 19.2 Å². The van der Waals surface area contributed by atoms with Crippen LogP contribution in [0.25, 0.3) is 0 Å². The Morgan fingerprint density at radius 2 is 2.00 bits per heavy atom. The number of piperidine rings is 1. The molecule has 1 saturated carbocycles. The molecule has 1 heterocycles. The van der Waals surface area contributed by atoms with E-state index in [0.717, 1.165) is 25.8 Å². The fraction of sp³-hybridized carbons (Fsp3) is 0.875. The van der Waals surface area contributed by atoms with Gasteiger partial charge in [-0.25, -0.2) is 4.79 Å². The largest absolute Gasteiger partial charge is 0.481 e. The monoisotopic (exact) mass is 296 g/mol. The molecule has 0 radical (unpaired) electrons.